The second kappa shape index (κ2) is 1.12. The number of nitrogens with zero attached hydrogens (tertiary/aromatic N) is 1. The number of hydroxylamine groups is 3. The lowest BCUT2D eigenvalue weighted by Crippen LogP contribution is -2.25. The van der Waals surface area contributed by atoms with Gasteiger partial charge < -0.3 is 9.94 Å². The van der Waals surface area contributed by atoms with Gasteiger partial charge in [-0.25, -0.2) is 4.65 Å². The van der Waals surface area contributed by atoms with Crippen molar-refractivity contribution in [3.8, 4) is 0 Å². The average molecular weight is 129 g/mol. The number of hydrogen-bond donors (Lipinski definition) is 0. The van der Waals surface area contributed by atoms with Crippen LogP contribution in [0.3, 0.4) is 0 Å². The highest BCUT2D eigenvalue weighted by molar-refractivity contribution is 5.65. The van der Waals surface area contributed by atoms with Crippen LogP contribution in [0.1, 0.15) is 6.92 Å². The maximum absolute atomic E-state index is 11.1. The second-order valence-corrected chi connectivity index (χ2v) is 2.59. The number of rotatable bonds is 0. The molecule has 3 unspecified atom stereocenters. The first-order chi connectivity index (χ1) is 4.17. The maximum atomic E-state index is 11.1. The summed E-state index contributed by atoms with van der Waals surface area (Å²) in [6, 6.07) is -0.135. The molecule has 4 nitrogen and oxygen atoms in total. The zero-order valence-electron chi connectivity index (χ0n) is 5.03. The summed E-state index contributed by atoms with van der Waals surface area (Å²) in [5.74, 6) is 0. The monoisotopic (exact) mass is 129 g/mol. The molecule has 0 bridgehead atoms. The lowest BCUT2D eigenvalue weighted by molar-refractivity contribution is -0.677. The molecule has 2 fully saturated rings. The fourth-order valence-corrected chi connectivity index (χ4v) is 1.35. The van der Waals surface area contributed by atoms with Crippen molar-refractivity contribution in [2.24, 2.45) is 0 Å². The van der Waals surface area contributed by atoms with Crippen molar-refractivity contribution in [2.75, 3.05) is 6.61 Å². The molecule has 0 aromatic heterocycles. The Labute approximate surface area is 52.2 Å². The van der Waals surface area contributed by atoms with Crippen LogP contribution in [0.2, 0.25) is 0 Å². The third-order valence-electron chi connectivity index (χ3n) is 2.23. The van der Waals surface area contributed by atoms with E-state index in [-0.39, 0.29) is 12.1 Å². The summed E-state index contributed by atoms with van der Waals surface area (Å²) in [7, 11) is 0. The first-order valence-electron chi connectivity index (χ1n) is 2.94. The predicted octanol–water partition coefficient (Wildman–Crippen LogP) is 0.222. The van der Waals surface area contributed by atoms with E-state index in [0.717, 1.165) is 0 Å². The van der Waals surface area contributed by atoms with Crippen molar-refractivity contribution < 1.29 is 14.2 Å². The molecule has 0 radical (unpaired) electrons. The van der Waals surface area contributed by atoms with Crippen molar-refractivity contribution in [3.63, 3.8) is 0 Å². The summed E-state index contributed by atoms with van der Waals surface area (Å²) in [5, 5.41) is 11.1. The van der Waals surface area contributed by atoms with Gasteiger partial charge in [-0.3, -0.25) is 0 Å². The highest BCUT2D eigenvalue weighted by Crippen LogP contribution is 2.43. The molecule has 0 aromatic carbocycles. The van der Waals surface area contributed by atoms with Gasteiger partial charge in [0.25, 0.3) is 0 Å². The molecule has 9 heavy (non-hydrogen) atoms. The van der Waals surface area contributed by atoms with Gasteiger partial charge >= 0.3 is 6.09 Å². The Morgan fingerprint density at radius 3 is 2.78 bits per heavy atom. The van der Waals surface area contributed by atoms with Crippen LogP contribution in [-0.4, -0.2) is 29.4 Å². The SMILES string of the molecule is CC1C2COC(=O)[N+]12[O-]. The minimum atomic E-state index is -0.722. The van der Waals surface area contributed by atoms with E-state index in [9.17, 15) is 10.0 Å². The Bertz CT molecular complexity index is 181. The smallest absolute Gasteiger partial charge is 0.517 e. The van der Waals surface area contributed by atoms with Crippen LogP contribution in [-0.2, 0) is 4.74 Å². The molecule has 2 heterocycles. The molecule has 0 saturated carbocycles. The van der Waals surface area contributed by atoms with Gasteiger partial charge in [-0.15, -0.1) is 0 Å². The van der Waals surface area contributed by atoms with Gasteiger partial charge in [0.15, 0.2) is 18.7 Å². The van der Waals surface area contributed by atoms with Gasteiger partial charge in [0.2, 0.25) is 0 Å². The zero-order chi connectivity index (χ0) is 6.65. The van der Waals surface area contributed by atoms with Gasteiger partial charge in [0.1, 0.15) is 0 Å². The van der Waals surface area contributed by atoms with Crippen molar-refractivity contribution in [3.05, 3.63) is 5.21 Å². The van der Waals surface area contributed by atoms with Crippen LogP contribution in [0.25, 0.3) is 0 Å². The van der Waals surface area contributed by atoms with E-state index in [1.807, 2.05) is 0 Å². The second-order valence-electron chi connectivity index (χ2n) is 2.59. The average Bonchev–Trinajstić information content (AvgIpc) is 2.15. The van der Waals surface area contributed by atoms with Crippen LogP contribution in [0.15, 0.2) is 0 Å². The lowest BCUT2D eigenvalue weighted by atomic mass is 10.4. The third kappa shape index (κ3) is 0.361. The summed E-state index contributed by atoms with van der Waals surface area (Å²) in [5.41, 5.74) is 0. The summed E-state index contributed by atoms with van der Waals surface area (Å²) >= 11 is 0. The first kappa shape index (κ1) is 5.20. The third-order valence-corrected chi connectivity index (χ3v) is 2.23. The van der Waals surface area contributed by atoms with E-state index >= 15 is 0 Å². The number of fused-ring (bicyclic) bond motifs is 1. The molecular formula is C5H7NO3. The fraction of sp³-hybridized carbons (Fsp3) is 0.800. The minimum absolute atomic E-state index is 0.0498. The predicted molar refractivity (Wildman–Crippen MR) is 28.2 cm³/mol. The molecule has 2 rings (SSSR count). The number of cyclic esters (lactones) is 1. The van der Waals surface area contributed by atoms with Gasteiger partial charge in [0, 0.05) is 0 Å². The number of ether oxygens (including phenoxy) is 1. The van der Waals surface area contributed by atoms with Gasteiger partial charge in [-0.05, 0) is 6.92 Å². The van der Waals surface area contributed by atoms with E-state index in [2.05, 4.69) is 4.74 Å². The Kier molecular flexibility index (Phi) is 0.649. The number of carbonyl (C=O) groups excluding carboxylic acids is 1. The van der Waals surface area contributed by atoms with E-state index in [4.69, 9.17) is 0 Å². The van der Waals surface area contributed by atoms with E-state index in [1.54, 1.807) is 6.92 Å². The Hall–Kier alpha value is -0.610. The van der Waals surface area contributed by atoms with Gasteiger partial charge in [0.05, 0.1) is 0 Å². The van der Waals surface area contributed by atoms with Crippen molar-refractivity contribution in [2.45, 2.75) is 19.0 Å². The molecule has 0 aromatic rings. The van der Waals surface area contributed by atoms with Crippen LogP contribution in [0.5, 0.6) is 0 Å². The summed E-state index contributed by atoms with van der Waals surface area (Å²) in [4.78, 5) is 10.6. The Balaban J connectivity index is 2.31. The number of amides is 1. The van der Waals surface area contributed by atoms with Crippen LogP contribution in [0.4, 0.5) is 4.79 Å². The molecule has 2 aliphatic heterocycles. The molecule has 0 N–H and O–H groups in total. The molecule has 4 heteroatoms. The summed E-state index contributed by atoms with van der Waals surface area (Å²) in [6.07, 6.45) is -0.604. The fourth-order valence-electron chi connectivity index (χ4n) is 1.35. The summed E-state index contributed by atoms with van der Waals surface area (Å²) in [6.45, 7) is 2.10. The van der Waals surface area contributed by atoms with E-state index in [1.165, 1.54) is 0 Å². The minimum Gasteiger partial charge on any atom is -0.622 e. The quantitative estimate of drug-likeness (QED) is 0.267. The highest BCUT2D eigenvalue weighted by Gasteiger charge is 2.69. The van der Waals surface area contributed by atoms with Crippen molar-refractivity contribution >= 4 is 6.09 Å². The molecular weight excluding hydrogens is 122 g/mol. The van der Waals surface area contributed by atoms with Crippen molar-refractivity contribution in [1.82, 2.24) is 0 Å². The standard InChI is InChI=1S/C5H7NO3/c1-3-4-2-9-5(7)6(3,4)8/h3-4H,2H2,1H3. The van der Waals surface area contributed by atoms with E-state index in [0.29, 0.717) is 6.61 Å². The van der Waals surface area contributed by atoms with Crippen LogP contribution >= 0.6 is 0 Å². The molecule has 3 atom stereocenters. The van der Waals surface area contributed by atoms with E-state index < -0.39 is 10.7 Å². The molecule has 2 saturated heterocycles. The topological polar surface area (TPSA) is 49.4 Å². The molecule has 50 valence electrons. The Morgan fingerprint density at radius 2 is 2.56 bits per heavy atom. The highest BCUT2D eigenvalue weighted by atomic mass is 16.7. The van der Waals surface area contributed by atoms with Gasteiger partial charge in [-0.1, -0.05) is 0 Å². The Morgan fingerprint density at radius 1 is 1.89 bits per heavy atom. The van der Waals surface area contributed by atoms with Gasteiger partial charge in [-0.2, -0.15) is 4.79 Å². The molecule has 0 aliphatic carbocycles. The first-order valence-corrected chi connectivity index (χ1v) is 2.94. The number of hydrogen-bond acceptors (Lipinski definition) is 3. The number of carbonyl (C=O) groups is 1. The summed E-state index contributed by atoms with van der Waals surface area (Å²) < 4.78 is 3.79. The number of quaternary nitrogens is 1. The normalized spacial score (nSPS) is 54.7. The zero-order valence-corrected chi connectivity index (χ0v) is 5.03. The molecule has 2 aliphatic rings. The van der Waals surface area contributed by atoms with Crippen molar-refractivity contribution in [1.29, 1.82) is 0 Å². The van der Waals surface area contributed by atoms with Crippen LogP contribution in [0, 0.1) is 5.21 Å². The molecule has 0 spiro atoms. The molecule has 1 amide bonds. The largest absolute Gasteiger partial charge is 0.622 e. The maximum Gasteiger partial charge on any atom is 0.517 e. The lowest BCUT2D eigenvalue weighted by Gasteiger charge is -2.13. The van der Waals surface area contributed by atoms with Crippen LogP contribution < -0.4 is 0 Å².